The summed E-state index contributed by atoms with van der Waals surface area (Å²) in [4.78, 5) is 4.26. The summed E-state index contributed by atoms with van der Waals surface area (Å²) in [5.74, 6) is 1.99. The molecule has 1 fully saturated rings. The predicted octanol–water partition coefficient (Wildman–Crippen LogP) is -0.0528. The number of rotatable bonds is 8. The largest absolute Gasteiger partial charge is 0.314 e. The van der Waals surface area contributed by atoms with Crippen molar-refractivity contribution in [3.8, 4) is 0 Å². The first kappa shape index (κ1) is 17.2. The first-order valence-corrected chi connectivity index (χ1v) is 9.73. The fourth-order valence-corrected chi connectivity index (χ4v) is 5.16. The molecule has 1 aliphatic heterocycles. The Hall–Kier alpha value is 0.180. The number of nitrogens with zero attached hydrogens (tertiary/aromatic N) is 2. The molecule has 1 N–H and O–H groups in total. The van der Waals surface area contributed by atoms with Crippen molar-refractivity contribution in [2.45, 2.75) is 12.3 Å². The Kier molecular flexibility index (Phi) is 7.68. The van der Waals surface area contributed by atoms with E-state index < -0.39 is 9.84 Å². The summed E-state index contributed by atoms with van der Waals surface area (Å²) >= 11 is 1.75. The van der Waals surface area contributed by atoms with Crippen LogP contribution in [-0.4, -0.2) is 87.7 Å². The van der Waals surface area contributed by atoms with Gasteiger partial charge in [0.2, 0.25) is 0 Å². The van der Waals surface area contributed by atoms with Gasteiger partial charge < -0.3 is 10.2 Å². The molecule has 1 saturated heterocycles. The Labute approximate surface area is 122 Å². The van der Waals surface area contributed by atoms with Gasteiger partial charge in [0, 0.05) is 50.0 Å². The van der Waals surface area contributed by atoms with Crippen molar-refractivity contribution in [3.05, 3.63) is 0 Å². The van der Waals surface area contributed by atoms with E-state index in [1.807, 2.05) is 14.1 Å². The van der Waals surface area contributed by atoms with Crippen LogP contribution in [0.2, 0.25) is 0 Å². The van der Waals surface area contributed by atoms with Gasteiger partial charge in [-0.05, 0) is 14.1 Å². The van der Waals surface area contributed by atoms with Crippen LogP contribution in [0.15, 0.2) is 0 Å². The van der Waals surface area contributed by atoms with Gasteiger partial charge in [-0.3, -0.25) is 4.90 Å². The van der Waals surface area contributed by atoms with Crippen LogP contribution in [0.25, 0.3) is 0 Å². The first-order chi connectivity index (χ1) is 8.97. The smallest absolute Gasteiger partial charge is 0.166 e. The maximum atomic E-state index is 12.1. The van der Waals surface area contributed by atoms with Crippen LogP contribution < -0.4 is 5.32 Å². The van der Waals surface area contributed by atoms with Crippen molar-refractivity contribution in [2.24, 2.45) is 0 Å². The zero-order chi connectivity index (χ0) is 14.3. The lowest BCUT2D eigenvalue weighted by molar-refractivity contribution is 0.267. The minimum absolute atomic E-state index is 0.239. The number of sulfone groups is 1. The predicted molar refractivity (Wildman–Crippen MR) is 83.6 cm³/mol. The third-order valence-electron chi connectivity index (χ3n) is 3.32. The van der Waals surface area contributed by atoms with E-state index in [2.05, 4.69) is 15.1 Å². The van der Waals surface area contributed by atoms with Gasteiger partial charge in [-0.25, -0.2) is 8.42 Å². The Morgan fingerprint density at radius 1 is 1.37 bits per heavy atom. The maximum absolute atomic E-state index is 12.1. The van der Waals surface area contributed by atoms with Gasteiger partial charge >= 0.3 is 0 Å². The van der Waals surface area contributed by atoms with Gasteiger partial charge in [0.15, 0.2) is 9.84 Å². The lowest BCUT2D eigenvalue weighted by Gasteiger charge is -2.34. The van der Waals surface area contributed by atoms with Gasteiger partial charge in [0.05, 0.1) is 0 Å². The second-order valence-corrected chi connectivity index (χ2v) is 8.67. The summed E-state index contributed by atoms with van der Waals surface area (Å²) in [7, 11) is 1.14. The molecule has 1 rings (SSSR count). The molecule has 0 saturated carbocycles. The topological polar surface area (TPSA) is 52.7 Å². The van der Waals surface area contributed by atoms with E-state index in [-0.39, 0.29) is 11.1 Å². The van der Waals surface area contributed by atoms with E-state index in [1.165, 1.54) is 0 Å². The van der Waals surface area contributed by atoms with Crippen molar-refractivity contribution >= 4 is 21.6 Å². The highest BCUT2D eigenvalue weighted by atomic mass is 32.2. The van der Waals surface area contributed by atoms with Gasteiger partial charge in [-0.2, -0.15) is 11.8 Å². The SMILES string of the molecule is CCS(=O)(=O)C1CSCCN1CCNCCN(C)C. The van der Waals surface area contributed by atoms with E-state index in [1.54, 1.807) is 18.7 Å². The standard InChI is InChI=1S/C12H27N3O2S2/c1-4-19(16,17)12-11-18-10-9-15(12)8-6-13-5-7-14(2)3/h12-13H,4-11H2,1-3H3. The van der Waals surface area contributed by atoms with Crippen LogP contribution in [0.1, 0.15) is 6.92 Å². The highest BCUT2D eigenvalue weighted by molar-refractivity contribution is 8.01. The van der Waals surface area contributed by atoms with E-state index in [9.17, 15) is 8.42 Å². The van der Waals surface area contributed by atoms with E-state index in [0.29, 0.717) is 5.75 Å². The lowest BCUT2D eigenvalue weighted by atomic mass is 10.4. The number of hydrogen-bond acceptors (Lipinski definition) is 6. The van der Waals surface area contributed by atoms with Gasteiger partial charge in [0.25, 0.3) is 0 Å². The Morgan fingerprint density at radius 3 is 2.74 bits per heavy atom. The van der Waals surface area contributed by atoms with Crippen LogP contribution in [0.3, 0.4) is 0 Å². The monoisotopic (exact) mass is 309 g/mol. The van der Waals surface area contributed by atoms with E-state index in [4.69, 9.17) is 0 Å². The summed E-state index contributed by atoms with van der Waals surface area (Å²) in [6, 6.07) is 0. The maximum Gasteiger partial charge on any atom is 0.166 e. The summed E-state index contributed by atoms with van der Waals surface area (Å²) in [5, 5.41) is 3.08. The molecule has 1 aliphatic rings. The zero-order valence-electron chi connectivity index (χ0n) is 12.3. The van der Waals surface area contributed by atoms with Crippen molar-refractivity contribution in [2.75, 3.05) is 64.1 Å². The fraction of sp³-hybridized carbons (Fsp3) is 1.00. The molecule has 19 heavy (non-hydrogen) atoms. The molecule has 0 aliphatic carbocycles. The summed E-state index contributed by atoms with van der Waals surface area (Å²) in [6.07, 6.45) is 0. The molecule has 1 unspecified atom stereocenters. The van der Waals surface area contributed by atoms with Gasteiger partial charge in [-0.15, -0.1) is 0 Å². The molecule has 1 heterocycles. The first-order valence-electron chi connectivity index (χ1n) is 6.86. The number of thioether (sulfide) groups is 1. The normalized spacial score (nSPS) is 22.0. The summed E-state index contributed by atoms with van der Waals surface area (Å²) in [5.41, 5.74) is 0. The van der Waals surface area contributed by atoms with Crippen LogP contribution in [0.5, 0.6) is 0 Å². The Balaban J connectivity index is 2.37. The number of likely N-dealkylation sites (N-methyl/N-ethyl adjacent to an activating group) is 1. The minimum Gasteiger partial charge on any atom is -0.314 e. The molecule has 5 nitrogen and oxygen atoms in total. The molecule has 1 atom stereocenters. The molecular formula is C12H27N3O2S2. The average molecular weight is 310 g/mol. The van der Waals surface area contributed by atoms with Crippen LogP contribution in [-0.2, 0) is 9.84 Å². The quantitative estimate of drug-likeness (QED) is 0.635. The zero-order valence-corrected chi connectivity index (χ0v) is 13.9. The van der Waals surface area contributed by atoms with Crippen LogP contribution >= 0.6 is 11.8 Å². The molecule has 7 heteroatoms. The second kappa shape index (κ2) is 8.46. The van der Waals surface area contributed by atoms with Gasteiger partial charge in [0.1, 0.15) is 5.37 Å². The van der Waals surface area contributed by atoms with E-state index in [0.717, 1.165) is 38.5 Å². The molecule has 0 aromatic heterocycles. The van der Waals surface area contributed by atoms with Crippen LogP contribution in [0.4, 0.5) is 0 Å². The van der Waals surface area contributed by atoms with Crippen molar-refractivity contribution in [1.29, 1.82) is 0 Å². The average Bonchev–Trinajstić information content (AvgIpc) is 2.38. The molecule has 114 valence electrons. The highest BCUT2D eigenvalue weighted by Crippen LogP contribution is 2.20. The van der Waals surface area contributed by atoms with Crippen molar-refractivity contribution < 1.29 is 8.42 Å². The molecule has 0 amide bonds. The molecule has 0 bridgehead atoms. The third kappa shape index (κ3) is 5.99. The fourth-order valence-electron chi connectivity index (χ4n) is 2.04. The Bertz CT molecular complexity index is 347. The van der Waals surface area contributed by atoms with Crippen LogP contribution in [0, 0.1) is 0 Å². The molecule has 0 radical (unpaired) electrons. The summed E-state index contributed by atoms with van der Waals surface area (Å²) in [6.45, 7) is 6.24. The van der Waals surface area contributed by atoms with Crippen molar-refractivity contribution in [3.63, 3.8) is 0 Å². The van der Waals surface area contributed by atoms with Gasteiger partial charge in [-0.1, -0.05) is 6.92 Å². The van der Waals surface area contributed by atoms with E-state index >= 15 is 0 Å². The summed E-state index contributed by atoms with van der Waals surface area (Å²) < 4.78 is 24.1. The Morgan fingerprint density at radius 2 is 2.11 bits per heavy atom. The molecular weight excluding hydrogens is 282 g/mol. The number of hydrogen-bond donors (Lipinski definition) is 1. The number of nitrogens with one attached hydrogen (secondary N) is 1. The molecule has 0 aromatic rings. The molecule has 0 spiro atoms. The minimum atomic E-state index is -2.96. The third-order valence-corrected chi connectivity index (χ3v) is 6.65. The second-order valence-electron chi connectivity index (χ2n) is 5.07. The molecule has 0 aromatic carbocycles. The van der Waals surface area contributed by atoms with Crippen molar-refractivity contribution in [1.82, 2.24) is 15.1 Å². The highest BCUT2D eigenvalue weighted by Gasteiger charge is 2.32. The lowest BCUT2D eigenvalue weighted by Crippen LogP contribution is -2.50.